The summed E-state index contributed by atoms with van der Waals surface area (Å²) in [6.07, 6.45) is 2.96. The lowest BCUT2D eigenvalue weighted by molar-refractivity contribution is 0.101. The molecule has 0 spiro atoms. The fourth-order valence-corrected chi connectivity index (χ4v) is 2.51. The maximum Gasteiger partial charge on any atom is 0.275 e. The second-order valence-electron chi connectivity index (χ2n) is 6.15. The zero-order valence-electron chi connectivity index (χ0n) is 15.2. The Bertz CT molecular complexity index is 951. The summed E-state index contributed by atoms with van der Waals surface area (Å²) in [5.41, 5.74) is 3.78. The number of carbonyl (C=O) groups excluding carboxylic acids is 2. The molecule has 6 heteroatoms. The van der Waals surface area contributed by atoms with Crippen molar-refractivity contribution in [3.8, 4) is 0 Å². The largest absolute Gasteiger partial charge is 0.365 e. The van der Waals surface area contributed by atoms with Crippen LogP contribution in [0.4, 0.5) is 11.5 Å². The highest BCUT2D eigenvalue weighted by Crippen LogP contribution is 2.12. The molecule has 0 fully saturated rings. The average Bonchev–Trinajstić information content (AvgIpc) is 2.68. The van der Waals surface area contributed by atoms with Crippen LogP contribution in [0.25, 0.3) is 0 Å². The van der Waals surface area contributed by atoms with Gasteiger partial charge in [-0.05, 0) is 49.2 Å². The summed E-state index contributed by atoms with van der Waals surface area (Å²) in [5, 5.41) is 5.93. The molecular weight excluding hydrogens is 340 g/mol. The first-order valence-corrected chi connectivity index (χ1v) is 8.56. The van der Waals surface area contributed by atoms with E-state index in [0.29, 0.717) is 23.6 Å². The van der Waals surface area contributed by atoms with Crippen molar-refractivity contribution in [1.82, 2.24) is 9.97 Å². The van der Waals surface area contributed by atoms with Gasteiger partial charge in [-0.1, -0.05) is 24.3 Å². The Hall–Kier alpha value is -3.54. The van der Waals surface area contributed by atoms with Crippen LogP contribution in [0.1, 0.15) is 38.9 Å². The second-order valence-corrected chi connectivity index (χ2v) is 6.15. The van der Waals surface area contributed by atoms with E-state index in [4.69, 9.17) is 0 Å². The first-order chi connectivity index (χ1) is 13.0. The summed E-state index contributed by atoms with van der Waals surface area (Å²) in [4.78, 5) is 32.0. The van der Waals surface area contributed by atoms with Gasteiger partial charge in [0.25, 0.3) is 5.91 Å². The lowest BCUT2D eigenvalue weighted by Gasteiger charge is -2.09. The fourth-order valence-electron chi connectivity index (χ4n) is 2.51. The van der Waals surface area contributed by atoms with Gasteiger partial charge in [-0.15, -0.1) is 0 Å². The number of aromatic nitrogens is 2. The van der Waals surface area contributed by atoms with Gasteiger partial charge in [-0.3, -0.25) is 9.59 Å². The van der Waals surface area contributed by atoms with Gasteiger partial charge in [0.2, 0.25) is 0 Å². The number of nitrogens with one attached hydrogen (secondary N) is 2. The van der Waals surface area contributed by atoms with Crippen LogP contribution in [-0.4, -0.2) is 21.7 Å². The maximum atomic E-state index is 12.3. The SMILES string of the molecule is CC(=O)c1ccc(NC(=O)c2cnc(NCc3ccccc3C)cn2)cc1. The lowest BCUT2D eigenvalue weighted by atomic mass is 10.1. The van der Waals surface area contributed by atoms with Crippen LogP contribution in [0.2, 0.25) is 0 Å². The number of hydrogen-bond acceptors (Lipinski definition) is 5. The predicted octanol–water partition coefficient (Wildman–Crippen LogP) is 3.85. The van der Waals surface area contributed by atoms with Gasteiger partial charge in [0, 0.05) is 17.8 Å². The Labute approximate surface area is 157 Å². The van der Waals surface area contributed by atoms with Crippen molar-refractivity contribution in [2.24, 2.45) is 0 Å². The summed E-state index contributed by atoms with van der Waals surface area (Å²) in [7, 11) is 0. The monoisotopic (exact) mass is 360 g/mol. The summed E-state index contributed by atoms with van der Waals surface area (Å²) >= 11 is 0. The highest BCUT2D eigenvalue weighted by atomic mass is 16.2. The molecule has 0 aliphatic carbocycles. The molecule has 0 atom stereocenters. The number of carbonyl (C=O) groups is 2. The molecule has 27 heavy (non-hydrogen) atoms. The minimum Gasteiger partial charge on any atom is -0.365 e. The molecule has 0 radical (unpaired) electrons. The Morgan fingerprint density at radius 3 is 2.33 bits per heavy atom. The normalized spacial score (nSPS) is 10.3. The van der Waals surface area contributed by atoms with Crippen molar-refractivity contribution in [2.75, 3.05) is 10.6 Å². The summed E-state index contributed by atoms with van der Waals surface area (Å²) in [6.45, 7) is 4.19. The molecule has 2 aromatic carbocycles. The van der Waals surface area contributed by atoms with E-state index in [1.54, 1.807) is 24.3 Å². The molecule has 0 saturated heterocycles. The molecule has 0 aliphatic heterocycles. The Kier molecular flexibility index (Phi) is 5.56. The van der Waals surface area contributed by atoms with E-state index in [1.165, 1.54) is 30.4 Å². The predicted molar refractivity (Wildman–Crippen MR) is 105 cm³/mol. The average molecular weight is 360 g/mol. The van der Waals surface area contributed by atoms with Crippen LogP contribution in [0.3, 0.4) is 0 Å². The van der Waals surface area contributed by atoms with Gasteiger partial charge < -0.3 is 10.6 Å². The van der Waals surface area contributed by atoms with Crippen LogP contribution in [0, 0.1) is 6.92 Å². The molecule has 6 nitrogen and oxygen atoms in total. The van der Waals surface area contributed by atoms with E-state index in [0.717, 1.165) is 0 Å². The number of ketones is 1. The van der Waals surface area contributed by atoms with Crippen molar-refractivity contribution >= 4 is 23.2 Å². The molecule has 1 amide bonds. The Morgan fingerprint density at radius 2 is 1.70 bits per heavy atom. The number of rotatable bonds is 6. The molecular formula is C21H20N4O2. The van der Waals surface area contributed by atoms with E-state index >= 15 is 0 Å². The summed E-state index contributed by atoms with van der Waals surface area (Å²) in [6, 6.07) is 14.8. The van der Waals surface area contributed by atoms with Crippen molar-refractivity contribution in [3.63, 3.8) is 0 Å². The highest BCUT2D eigenvalue weighted by Gasteiger charge is 2.09. The number of benzene rings is 2. The van der Waals surface area contributed by atoms with Crippen molar-refractivity contribution in [1.29, 1.82) is 0 Å². The zero-order valence-corrected chi connectivity index (χ0v) is 15.2. The molecule has 0 saturated carbocycles. The number of Topliss-reactive ketones (excluding diaryl/α,β-unsaturated/α-hetero) is 1. The van der Waals surface area contributed by atoms with E-state index < -0.39 is 0 Å². The summed E-state index contributed by atoms with van der Waals surface area (Å²) < 4.78 is 0. The quantitative estimate of drug-likeness (QED) is 0.652. The Balaban J connectivity index is 1.60. The van der Waals surface area contributed by atoms with Crippen LogP contribution >= 0.6 is 0 Å². The van der Waals surface area contributed by atoms with Crippen LogP contribution in [0.5, 0.6) is 0 Å². The third-order valence-electron chi connectivity index (χ3n) is 4.15. The molecule has 1 heterocycles. The van der Waals surface area contributed by atoms with Gasteiger partial charge in [0.1, 0.15) is 11.5 Å². The minimum atomic E-state index is -0.358. The molecule has 0 bridgehead atoms. The van der Waals surface area contributed by atoms with Crippen molar-refractivity contribution in [3.05, 3.63) is 83.3 Å². The molecule has 136 valence electrons. The lowest BCUT2D eigenvalue weighted by Crippen LogP contribution is -2.14. The minimum absolute atomic E-state index is 0.0208. The van der Waals surface area contributed by atoms with E-state index in [1.807, 2.05) is 12.1 Å². The fraction of sp³-hybridized carbons (Fsp3) is 0.143. The van der Waals surface area contributed by atoms with Crippen LogP contribution in [-0.2, 0) is 6.54 Å². The maximum absolute atomic E-state index is 12.3. The van der Waals surface area contributed by atoms with Crippen LogP contribution in [0.15, 0.2) is 60.9 Å². The second kappa shape index (κ2) is 8.23. The van der Waals surface area contributed by atoms with E-state index in [-0.39, 0.29) is 17.4 Å². The standard InChI is InChI=1S/C21H20N4O2/c1-14-5-3-4-6-17(14)11-23-20-13-22-19(12-24-20)21(27)25-18-9-7-16(8-10-18)15(2)26/h3-10,12-13H,11H2,1-2H3,(H,23,24)(H,25,27). The van der Waals surface area contributed by atoms with Gasteiger partial charge >= 0.3 is 0 Å². The van der Waals surface area contributed by atoms with Gasteiger partial charge in [-0.25, -0.2) is 9.97 Å². The van der Waals surface area contributed by atoms with Gasteiger partial charge in [0.05, 0.1) is 12.4 Å². The van der Waals surface area contributed by atoms with Crippen LogP contribution < -0.4 is 10.6 Å². The first-order valence-electron chi connectivity index (χ1n) is 8.56. The van der Waals surface area contributed by atoms with Crippen molar-refractivity contribution < 1.29 is 9.59 Å². The molecule has 0 unspecified atom stereocenters. The Morgan fingerprint density at radius 1 is 0.963 bits per heavy atom. The highest BCUT2D eigenvalue weighted by molar-refractivity contribution is 6.03. The molecule has 2 N–H and O–H groups in total. The third-order valence-corrected chi connectivity index (χ3v) is 4.15. The van der Waals surface area contributed by atoms with Gasteiger partial charge in [0.15, 0.2) is 5.78 Å². The number of aryl methyl sites for hydroxylation is 1. The van der Waals surface area contributed by atoms with E-state index in [9.17, 15) is 9.59 Å². The number of amides is 1. The molecule has 3 aromatic rings. The summed E-state index contributed by atoms with van der Waals surface area (Å²) in [5.74, 6) is 0.219. The van der Waals surface area contributed by atoms with Gasteiger partial charge in [-0.2, -0.15) is 0 Å². The zero-order chi connectivity index (χ0) is 19.2. The van der Waals surface area contributed by atoms with Crippen molar-refractivity contribution in [2.45, 2.75) is 20.4 Å². The third kappa shape index (κ3) is 4.76. The smallest absolute Gasteiger partial charge is 0.275 e. The molecule has 0 aliphatic rings. The number of anilines is 2. The first kappa shape index (κ1) is 18.3. The number of hydrogen-bond donors (Lipinski definition) is 2. The number of nitrogens with zero attached hydrogens (tertiary/aromatic N) is 2. The van der Waals surface area contributed by atoms with E-state index in [2.05, 4.69) is 39.7 Å². The molecule has 3 rings (SSSR count). The molecule has 1 aromatic heterocycles. The topological polar surface area (TPSA) is 84.0 Å².